The quantitative estimate of drug-likeness (QED) is 0.711. The summed E-state index contributed by atoms with van der Waals surface area (Å²) in [4.78, 5) is 13.5. The van der Waals surface area contributed by atoms with Gasteiger partial charge in [0.05, 0.1) is 12.7 Å². The minimum absolute atomic E-state index is 0.0744. The molecular formula is C9H13N3O3. The van der Waals surface area contributed by atoms with Crippen molar-refractivity contribution in [3.63, 3.8) is 0 Å². The van der Waals surface area contributed by atoms with E-state index in [0.29, 0.717) is 31.9 Å². The highest BCUT2D eigenvalue weighted by molar-refractivity contribution is 5.92. The van der Waals surface area contributed by atoms with Crippen molar-refractivity contribution in [1.82, 2.24) is 10.1 Å². The maximum absolute atomic E-state index is 11.8. The van der Waals surface area contributed by atoms with Gasteiger partial charge in [0.1, 0.15) is 6.26 Å². The molecule has 0 bridgehead atoms. The Morgan fingerprint density at radius 3 is 3.27 bits per heavy atom. The smallest absolute Gasteiger partial charge is 0.276 e. The van der Waals surface area contributed by atoms with Crippen molar-refractivity contribution in [2.45, 2.75) is 6.10 Å². The molecule has 0 spiro atoms. The van der Waals surface area contributed by atoms with Crippen molar-refractivity contribution in [2.75, 3.05) is 26.2 Å². The van der Waals surface area contributed by atoms with Crippen LogP contribution in [-0.2, 0) is 4.74 Å². The summed E-state index contributed by atoms with van der Waals surface area (Å²) in [6.45, 7) is 2.03. The highest BCUT2D eigenvalue weighted by atomic mass is 16.5. The van der Waals surface area contributed by atoms with E-state index < -0.39 is 0 Å². The SMILES string of the molecule is NCC1CN(C(=O)c2ccon2)CCO1. The van der Waals surface area contributed by atoms with Gasteiger partial charge in [-0.05, 0) is 0 Å². The lowest BCUT2D eigenvalue weighted by Gasteiger charge is -2.31. The molecule has 15 heavy (non-hydrogen) atoms. The molecule has 1 aliphatic heterocycles. The second-order valence-corrected chi connectivity index (χ2v) is 3.36. The molecule has 1 aliphatic rings. The first-order chi connectivity index (χ1) is 7.31. The van der Waals surface area contributed by atoms with Crippen LogP contribution in [0.1, 0.15) is 10.5 Å². The molecule has 1 fully saturated rings. The van der Waals surface area contributed by atoms with E-state index in [0.717, 1.165) is 0 Å². The second-order valence-electron chi connectivity index (χ2n) is 3.36. The highest BCUT2D eigenvalue weighted by Crippen LogP contribution is 2.08. The minimum atomic E-state index is -0.134. The Morgan fingerprint density at radius 2 is 2.60 bits per heavy atom. The minimum Gasteiger partial charge on any atom is -0.373 e. The van der Waals surface area contributed by atoms with E-state index >= 15 is 0 Å². The number of carbonyl (C=O) groups excluding carboxylic acids is 1. The zero-order valence-corrected chi connectivity index (χ0v) is 8.26. The molecule has 6 nitrogen and oxygen atoms in total. The average molecular weight is 211 g/mol. The molecule has 0 saturated carbocycles. The molecular weight excluding hydrogens is 198 g/mol. The zero-order valence-electron chi connectivity index (χ0n) is 8.26. The summed E-state index contributed by atoms with van der Waals surface area (Å²) in [5, 5.41) is 3.60. The van der Waals surface area contributed by atoms with E-state index in [4.69, 9.17) is 10.5 Å². The van der Waals surface area contributed by atoms with Crippen LogP contribution in [0, 0.1) is 0 Å². The van der Waals surface area contributed by atoms with E-state index in [-0.39, 0.29) is 12.0 Å². The van der Waals surface area contributed by atoms with Gasteiger partial charge in [-0.25, -0.2) is 0 Å². The summed E-state index contributed by atoms with van der Waals surface area (Å²) in [6.07, 6.45) is 1.31. The van der Waals surface area contributed by atoms with Crippen LogP contribution in [0.5, 0.6) is 0 Å². The third-order valence-electron chi connectivity index (χ3n) is 2.35. The number of ether oxygens (including phenoxy) is 1. The standard InChI is InChI=1S/C9H13N3O3/c10-5-7-6-12(2-4-14-7)9(13)8-1-3-15-11-8/h1,3,7H,2,4-6,10H2. The van der Waals surface area contributed by atoms with Crippen LogP contribution in [-0.4, -0.2) is 48.3 Å². The van der Waals surface area contributed by atoms with Crippen LogP contribution >= 0.6 is 0 Å². The maximum atomic E-state index is 11.8. The first-order valence-corrected chi connectivity index (χ1v) is 4.82. The highest BCUT2D eigenvalue weighted by Gasteiger charge is 2.25. The van der Waals surface area contributed by atoms with E-state index in [1.165, 1.54) is 6.26 Å². The number of nitrogens with zero attached hydrogens (tertiary/aromatic N) is 2. The molecule has 0 aromatic carbocycles. The number of nitrogens with two attached hydrogens (primary N) is 1. The molecule has 1 unspecified atom stereocenters. The van der Waals surface area contributed by atoms with Gasteiger partial charge in [-0.15, -0.1) is 0 Å². The number of carbonyl (C=O) groups is 1. The Bertz CT molecular complexity index is 325. The maximum Gasteiger partial charge on any atom is 0.276 e. The fourth-order valence-electron chi connectivity index (χ4n) is 1.53. The molecule has 0 aliphatic carbocycles. The van der Waals surface area contributed by atoms with E-state index in [1.54, 1.807) is 11.0 Å². The Hall–Kier alpha value is -1.40. The van der Waals surface area contributed by atoms with Gasteiger partial charge in [0.25, 0.3) is 5.91 Å². The van der Waals surface area contributed by atoms with Gasteiger partial charge in [-0.1, -0.05) is 5.16 Å². The molecule has 2 N–H and O–H groups in total. The zero-order chi connectivity index (χ0) is 10.7. The van der Waals surface area contributed by atoms with Gasteiger partial charge < -0.3 is 19.9 Å². The first-order valence-electron chi connectivity index (χ1n) is 4.82. The van der Waals surface area contributed by atoms with Crippen LogP contribution in [0.15, 0.2) is 16.9 Å². The Morgan fingerprint density at radius 1 is 1.73 bits per heavy atom. The van der Waals surface area contributed by atoms with Gasteiger partial charge in [0.2, 0.25) is 0 Å². The first kappa shape index (κ1) is 10.1. The number of aromatic nitrogens is 1. The molecule has 1 amide bonds. The van der Waals surface area contributed by atoms with Crippen LogP contribution in [0.4, 0.5) is 0 Å². The molecule has 82 valence electrons. The summed E-state index contributed by atoms with van der Waals surface area (Å²) in [7, 11) is 0. The third-order valence-corrected chi connectivity index (χ3v) is 2.35. The topological polar surface area (TPSA) is 81.6 Å². The molecule has 1 aromatic rings. The van der Waals surface area contributed by atoms with Gasteiger partial charge in [0.15, 0.2) is 5.69 Å². The van der Waals surface area contributed by atoms with Crippen LogP contribution in [0.2, 0.25) is 0 Å². The van der Waals surface area contributed by atoms with Crippen LogP contribution in [0.3, 0.4) is 0 Å². The third kappa shape index (κ3) is 2.16. The lowest BCUT2D eigenvalue weighted by atomic mass is 10.2. The van der Waals surface area contributed by atoms with Gasteiger partial charge in [-0.3, -0.25) is 4.79 Å². The van der Waals surface area contributed by atoms with Gasteiger partial charge in [0, 0.05) is 25.7 Å². The van der Waals surface area contributed by atoms with Crippen molar-refractivity contribution < 1.29 is 14.1 Å². The number of rotatable bonds is 2. The summed E-state index contributed by atoms with van der Waals surface area (Å²) in [5.41, 5.74) is 5.81. The fraction of sp³-hybridized carbons (Fsp3) is 0.556. The summed E-state index contributed by atoms with van der Waals surface area (Å²) in [6, 6.07) is 1.55. The van der Waals surface area contributed by atoms with Crippen molar-refractivity contribution in [3.8, 4) is 0 Å². The Kier molecular flexibility index (Phi) is 2.98. The molecule has 1 atom stereocenters. The van der Waals surface area contributed by atoms with Gasteiger partial charge in [-0.2, -0.15) is 0 Å². The van der Waals surface area contributed by atoms with Crippen molar-refractivity contribution >= 4 is 5.91 Å². The number of hydrogen-bond acceptors (Lipinski definition) is 5. The Balaban J connectivity index is 2.01. The molecule has 0 radical (unpaired) electrons. The summed E-state index contributed by atoms with van der Waals surface area (Å²) >= 11 is 0. The molecule has 6 heteroatoms. The molecule has 1 saturated heterocycles. The monoisotopic (exact) mass is 211 g/mol. The predicted molar refractivity (Wildman–Crippen MR) is 51.2 cm³/mol. The fourth-order valence-corrected chi connectivity index (χ4v) is 1.53. The molecule has 2 rings (SSSR count). The average Bonchev–Trinajstić information content (AvgIpc) is 2.81. The second kappa shape index (κ2) is 4.41. The molecule has 1 aromatic heterocycles. The normalized spacial score (nSPS) is 21.7. The number of hydrogen-bond donors (Lipinski definition) is 1. The Labute approximate surface area is 87.0 Å². The summed E-state index contributed by atoms with van der Waals surface area (Å²) < 4.78 is 9.99. The van der Waals surface area contributed by atoms with Crippen molar-refractivity contribution in [2.24, 2.45) is 5.73 Å². The predicted octanol–water partition coefficient (Wildman–Crippen LogP) is -0.526. The van der Waals surface area contributed by atoms with E-state index in [1.807, 2.05) is 0 Å². The van der Waals surface area contributed by atoms with Crippen LogP contribution < -0.4 is 5.73 Å². The lowest BCUT2D eigenvalue weighted by molar-refractivity contribution is -0.0170. The lowest BCUT2D eigenvalue weighted by Crippen LogP contribution is -2.48. The number of amides is 1. The molecule has 2 heterocycles. The van der Waals surface area contributed by atoms with Crippen molar-refractivity contribution in [1.29, 1.82) is 0 Å². The van der Waals surface area contributed by atoms with E-state index in [9.17, 15) is 4.79 Å². The van der Waals surface area contributed by atoms with Gasteiger partial charge >= 0.3 is 0 Å². The summed E-state index contributed by atoms with van der Waals surface area (Å²) in [5.74, 6) is -0.134. The van der Waals surface area contributed by atoms with Crippen molar-refractivity contribution in [3.05, 3.63) is 18.0 Å². The largest absolute Gasteiger partial charge is 0.373 e. The van der Waals surface area contributed by atoms with E-state index in [2.05, 4.69) is 9.68 Å². The van der Waals surface area contributed by atoms with Crippen LogP contribution in [0.25, 0.3) is 0 Å². The number of morpholine rings is 1.